The van der Waals surface area contributed by atoms with Crippen molar-refractivity contribution in [1.29, 1.82) is 0 Å². The molecule has 44 heavy (non-hydrogen) atoms. The molecule has 230 valence electrons. The summed E-state index contributed by atoms with van der Waals surface area (Å²) in [5.74, 6) is 1.23. The molecule has 0 bridgehead atoms. The summed E-state index contributed by atoms with van der Waals surface area (Å²) >= 11 is 7.87. The molecule has 0 aliphatic heterocycles. The number of nitrogens with one attached hydrogen (secondary N) is 1. The van der Waals surface area contributed by atoms with Gasteiger partial charge in [-0.05, 0) is 62.7 Å². The zero-order valence-electron chi connectivity index (χ0n) is 24.4. The Kier molecular flexibility index (Phi) is 9.64. The second-order valence-corrected chi connectivity index (χ2v) is 14.3. The van der Waals surface area contributed by atoms with Gasteiger partial charge < -0.3 is 19.5 Å². The van der Waals surface area contributed by atoms with E-state index in [9.17, 15) is 12.8 Å². The Morgan fingerprint density at radius 2 is 1.84 bits per heavy atom. The minimum Gasteiger partial charge on any atom is -0.496 e. The summed E-state index contributed by atoms with van der Waals surface area (Å²) in [4.78, 5) is 13.5. The van der Waals surface area contributed by atoms with Crippen molar-refractivity contribution in [3.8, 4) is 22.8 Å². The maximum absolute atomic E-state index is 13.5. The van der Waals surface area contributed by atoms with E-state index in [0.29, 0.717) is 60.8 Å². The quantitative estimate of drug-likeness (QED) is 0.145. The summed E-state index contributed by atoms with van der Waals surface area (Å²) in [5.41, 5.74) is 2.42. The van der Waals surface area contributed by atoms with Crippen molar-refractivity contribution in [3.05, 3.63) is 87.7 Å². The zero-order chi connectivity index (χ0) is 31.4. The summed E-state index contributed by atoms with van der Waals surface area (Å²) in [6.07, 6.45) is 1.45. The standard InChI is InChI=1S/C31H30ClFN4O5S2/c1-18(2)44(38,39)19(3)41-15-30-37-27(16-43-30)23-12-24-26(13-29(23)40-4)34-17-35-31(24)36-22-8-9-28(25(32)11-22)42-14-20-6-5-7-21(33)10-20/h5-13,16-19H,14-15H2,1-4H3,(H,34,35,36). The summed E-state index contributed by atoms with van der Waals surface area (Å²) in [6, 6.07) is 15.1. The van der Waals surface area contributed by atoms with E-state index in [4.69, 9.17) is 25.8 Å². The normalized spacial score (nSPS) is 12.4. The van der Waals surface area contributed by atoms with Crippen LogP contribution in [0.2, 0.25) is 5.02 Å². The second-order valence-electron chi connectivity index (χ2n) is 10.1. The number of thiazole rings is 1. The number of hydrogen-bond donors (Lipinski definition) is 1. The second kappa shape index (κ2) is 13.4. The lowest BCUT2D eigenvalue weighted by molar-refractivity contribution is 0.103. The molecule has 9 nitrogen and oxygen atoms in total. The van der Waals surface area contributed by atoms with E-state index < -0.39 is 20.5 Å². The molecule has 3 aromatic carbocycles. The monoisotopic (exact) mass is 656 g/mol. The fraction of sp³-hybridized carbons (Fsp3) is 0.258. The number of sulfone groups is 1. The Balaban J connectivity index is 1.36. The Labute approximate surface area is 263 Å². The van der Waals surface area contributed by atoms with Gasteiger partial charge in [0.2, 0.25) is 0 Å². The number of methoxy groups -OCH3 is 1. The van der Waals surface area contributed by atoms with Gasteiger partial charge in [0.25, 0.3) is 0 Å². The van der Waals surface area contributed by atoms with Gasteiger partial charge in [0.05, 0.1) is 28.6 Å². The molecule has 5 aromatic rings. The van der Waals surface area contributed by atoms with E-state index in [1.54, 1.807) is 57.4 Å². The number of aromatic nitrogens is 3. The first kappa shape index (κ1) is 31.6. The SMILES string of the molecule is COc1cc2ncnc(Nc3ccc(OCc4cccc(F)c4)c(Cl)c3)c2cc1-c1csc(COC(C)S(=O)(=O)C(C)C)n1. The van der Waals surface area contributed by atoms with E-state index in [1.807, 2.05) is 11.4 Å². The largest absolute Gasteiger partial charge is 0.496 e. The molecule has 0 saturated carbocycles. The number of fused-ring (bicyclic) bond motifs is 1. The highest BCUT2D eigenvalue weighted by atomic mass is 35.5. The molecule has 0 aliphatic rings. The molecule has 0 spiro atoms. The van der Waals surface area contributed by atoms with Crippen molar-refractivity contribution in [2.75, 3.05) is 12.4 Å². The van der Waals surface area contributed by atoms with E-state index in [1.165, 1.54) is 36.7 Å². The van der Waals surface area contributed by atoms with Crippen LogP contribution >= 0.6 is 22.9 Å². The highest BCUT2D eigenvalue weighted by molar-refractivity contribution is 7.92. The third-order valence-corrected chi connectivity index (χ3v) is 10.3. The average molecular weight is 657 g/mol. The van der Waals surface area contributed by atoms with Crippen LogP contribution in [0.5, 0.6) is 11.5 Å². The maximum atomic E-state index is 13.5. The van der Waals surface area contributed by atoms with Gasteiger partial charge in [-0.2, -0.15) is 0 Å². The van der Waals surface area contributed by atoms with Crippen molar-refractivity contribution in [1.82, 2.24) is 15.0 Å². The van der Waals surface area contributed by atoms with Crippen LogP contribution < -0.4 is 14.8 Å². The van der Waals surface area contributed by atoms with E-state index >= 15 is 0 Å². The van der Waals surface area contributed by atoms with Crippen LogP contribution in [-0.4, -0.2) is 41.2 Å². The van der Waals surface area contributed by atoms with E-state index in [0.717, 1.165) is 0 Å². The lowest BCUT2D eigenvalue weighted by atomic mass is 10.1. The van der Waals surface area contributed by atoms with Crippen molar-refractivity contribution in [2.24, 2.45) is 0 Å². The highest BCUT2D eigenvalue weighted by Gasteiger charge is 2.25. The van der Waals surface area contributed by atoms with E-state index in [-0.39, 0.29) is 19.0 Å². The molecule has 2 aromatic heterocycles. The van der Waals surface area contributed by atoms with Crippen molar-refractivity contribution < 1.29 is 27.0 Å². The van der Waals surface area contributed by atoms with Gasteiger partial charge in [-0.25, -0.2) is 27.8 Å². The van der Waals surface area contributed by atoms with Crippen LogP contribution in [0, 0.1) is 5.82 Å². The van der Waals surface area contributed by atoms with Gasteiger partial charge >= 0.3 is 0 Å². The first-order chi connectivity index (χ1) is 21.0. The number of benzene rings is 3. The van der Waals surface area contributed by atoms with Gasteiger partial charge in [-0.1, -0.05) is 23.7 Å². The van der Waals surface area contributed by atoms with Crippen LogP contribution in [-0.2, 0) is 27.8 Å². The molecule has 0 aliphatic carbocycles. The van der Waals surface area contributed by atoms with Gasteiger partial charge in [-0.15, -0.1) is 11.3 Å². The Hall–Kier alpha value is -3.84. The first-order valence-electron chi connectivity index (χ1n) is 13.6. The van der Waals surface area contributed by atoms with Gasteiger partial charge in [0, 0.05) is 28.1 Å². The topological polar surface area (TPSA) is 113 Å². The predicted octanol–water partition coefficient (Wildman–Crippen LogP) is 7.56. The summed E-state index contributed by atoms with van der Waals surface area (Å²) in [6.45, 7) is 5.03. The minimum absolute atomic E-state index is 0.0618. The van der Waals surface area contributed by atoms with Crippen LogP contribution in [0.3, 0.4) is 0 Å². The third kappa shape index (κ3) is 7.10. The summed E-state index contributed by atoms with van der Waals surface area (Å²) in [5, 5.41) is 6.35. The predicted molar refractivity (Wildman–Crippen MR) is 171 cm³/mol. The minimum atomic E-state index is -3.39. The Morgan fingerprint density at radius 3 is 2.57 bits per heavy atom. The molecule has 0 fully saturated rings. The number of nitrogens with zero attached hydrogens (tertiary/aromatic N) is 3. The van der Waals surface area contributed by atoms with Crippen molar-refractivity contribution in [3.63, 3.8) is 0 Å². The van der Waals surface area contributed by atoms with Crippen molar-refractivity contribution in [2.45, 2.75) is 44.7 Å². The van der Waals surface area contributed by atoms with E-state index in [2.05, 4.69) is 20.3 Å². The first-order valence-corrected chi connectivity index (χ1v) is 16.5. The van der Waals surface area contributed by atoms with Crippen LogP contribution in [0.15, 0.2) is 66.3 Å². The lowest BCUT2D eigenvalue weighted by Crippen LogP contribution is -2.28. The van der Waals surface area contributed by atoms with Crippen molar-refractivity contribution >= 4 is 55.2 Å². The molecule has 1 atom stereocenters. The molecule has 2 heterocycles. The maximum Gasteiger partial charge on any atom is 0.179 e. The number of rotatable bonds is 12. The molecule has 0 radical (unpaired) electrons. The molecular weight excluding hydrogens is 627 g/mol. The van der Waals surface area contributed by atoms with Gasteiger partial charge in [-0.3, -0.25) is 0 Å². The van der Waals surface area contributed by atoms with Crippen LogP contribution in [0.25, 0.3) is 22.2 Å². The summed E-state index contributed by atoms with van der Waals surface area (Å²) < 4.78 is 55.3. The van der Waals surface area contributed by atoms with Crippen LogP contribution in [0.1, 0.15) is 31.3 Å². The Bertz CT molecular complexity index is 1900. The highest BCUT2D eigenvalue weighted by Crippen LogP contribution is 2.37. The Morgan fingerprint density at radius 1 is 1.02 bits per heavy atom. The smallest absolute Gasteiger partial charge is 0.179 e. The summed E-state index contributed by atoms with van der Waals surface area (Å²) in [7, 11) is -1.82. The fourth-order valence-electron chi connectivity index (χ4n) is 4.34. The number of hydrogen-bond acceptors (Lipinski definition) is 10. The molecule has 1 N–H and O–H groups in total. The zero-order valence-corrected chi connectivity index (χ0v) is 26.8. The molecule has 0 amide bonds. The lowest BCUT2D eigenvalue weighted by Gasteiger charge is -2.15. The molecular formula is C31H30ClFN4O5S2. The number of anilines is 2. The number of ether oxygens (including phenoxy) is 3. The van der Waals surface area contributed by atoms with Gasteiger partial charge in [0.1, 0.15) is 47.7 Å². The van der Waals surface area contributed by atoms with Crippen LogP contribution in [0.4, 0.5) is 15.9 Å². The molecule has 1 unspecified atom stereocenters. The number of halogens is 2. The van der Waals surface area contributed by atoms with Gasteiger partial charge in [0.15, 0.2) is 15.3 Å². The molecule has 0 saturated heterocycles. The average Bonchev–Trinajstić information content (AvgIpc) is 3.47. The molecule has 13 heteroatoms. The molecule has 5 rings (SSSR count). The fourth-order valence-corrected chi connectivity index (χ4v) is 6.31. The third-order valence-electron chi connectivity index (χ3n) is 6.82.